The van der Waals surface area contributed by atoms with E-state index in [0.29, 0.717) is 5.92 Å². The van der Waals surface area contributed by atoms with Crippen LogP contribution < -0.4 is 0 Å². The largest absolute Gasteiger partial charge is 0.506 e. The van der Waals surface area contributed by atoms with E-state index in [9.17, 15) is 19.5 Å². The molecule has 6 heteroatoms. The Labute approximate surface area is 197 Å². The van der Waals surface area contributed by atoms with Gasteiger partial charge in [-0.05, 0) is 71.4 Å². The van der Waals surface area contributed by atoms with Gasteiger partial charge in [-0.15, -0.1) is 0 Å². The van der Waals surface area contributed by atoms with Gasteiger partial charge >= 0.3 is 5.90 Å². The number of aliphatic hydroxyl groups is 1. The molecule has 1 aliphatic heterocycles. The number of ether oxygens (including phenoxy) is 1. The van der Waals surface area contributed by atoms with Crippen LogP contribution in [-0.4, -0.2) is 52.1 Å². The van der Waals surface area contributed by atoms with Crippen molar-refractivity contribution in [2.75, 3.05) is 7.05 Å². The average molecular weight is 457 g/mol. The Bertz CT molecular complexity index is 1400. The standard InChI is InChI=1S/C28H25NO5/c1-13(2)16-7-6-14(3)22-17(10-15(4)18(22)11-16)12-19-25(32)23(26(19)33)28-29(5)24-20(30)8-9-21(31)27(24)34-28/h6-13,24,27H,1-5H3/p+1. The molecule has 0 saturated carbocycles. The predicted molar refractivity (Wildman–Crippen MR) is 128 cm³/mol. The Morgan fingerprint density at radius 2 is 1.74 bits per heavy atom. The third kappa shape index (κ3) is 3.09. The van der Waals surface area contributed by atoms with Crippen molar-refractivity contribution < 1.29 is 28.8 Å². The number of carbonyl (C=O) groups excluding carboxylic acids is 3. The van der Waals surface area contributed by atoms with Crippen LogP contribution in [-0.2, 0) is 19.1 Å². The normalized spacial score (nSPS) is 23.4. The number of ketones is 3. The minimum atomic E-state index is -1.00. The second kappa shape index (κ2) is 7.62. The molecule has 0 bridgehead atoms. The molecule has 6 nitrogen and oxygen atoms in total. The zero-order valence-electron chi connectivity index (χ0n) is 19.8. The van der Waals surface area contributed by atoms with Gasteiger partial charge in [-0.25, -0.2) is 0 Å². The van der Waals surface area contributed by atoms with Crippen molar-refractivity contribution in [2.45, 2.75) is 45.8 Å². The summed E-state index contributed by atoms with van der Waals surface area (Å²) < 4.78 is 7.17. The molecule has 172 valence electrons. The summed E-state index contributed by atoms with van der Waals surface area (Å²) in [4.78, 5) is 37.6. The maximum Gasteiger partial charge on any atom is 0.379 e. The lowest BCUT2D eigenvalue weighted by atomic mass is 9.86. The topological polar surface area (TPSA) is 83.7 Å². The Hall–Kier alpha value is -3.80. The van der Waals surface area contributed by atoms with Crippen LogP contribution in [0.5, 0.6) is 0 Å². The number of nitrogens with zero attached hydrogens (tertiary/aromatic N) is 1. The van der Waals surface area contributed by atoms with Crippen LogP contribution in [0.4, 0.5) is 0 Å². The average Bonchev–Trinajstić information content (AvgIpc) is 3.22. The van der Waals surface area contributed by atoms with E-state index in [4.69, 9.17) is 4.74 Å². The molecule has 0 spiro atoms. The Morgan fingerprint density at radius 1 is 1.03 bits per heavy atom. The summed E-state index contributed by atoms with van der Waals surface area (Å²) in [5.41, 5.74) is 6.62. The zero-order valence-corrected chi connectivity index (χ0v) is 19.8. The minimum absolute atomic E-state index is 0.000653. The molecule has 2 atom stereocenters. The molecular weight excluding hydrogens is 430 g/mol. The first-order chi connectivity index (χ1) is 16.1. The molecular formula is C28H26NO5+. The third-order valence-electron chi connectivity index (χ3n) is 6.98. The first kappa shape index (κ1) is 22.0. The van der Waals surface area contributed by atoms with Crippen LogP contribution in [0.15, 0.2) is 53.3 Å². The van der Waals surface area contributed by atoms with Crippen LogP contribution in [0.25, 0.3) is 17.2 Å². The lowest BCUT2D eigenvalue weighted by Crippen LogP contribution is -2.43. The monoisotopic (exact) mass is 456 g/mol. The van der Waals surface area contributed by atoms with Crippen molar-refractivity contribution in [2.24, 2.45) is 0 Å². The number of aryl methyl sites for hydroxylation is 2. The molecule has 1 heterocycles. The van der Waals surface area contributed by atoms with Crippen LogP contribution in [0.3, 0.4) is 0 Å². The lowest BCUT2D eigenvalue weighted by Gasteiger charge is -2.19. The molecule has 0 aromatic heterocycles. The summed E-state index contributed by atoms with van der Waals surface area (Å²) in [5.74, 6) is -0.728. The number of fused-ring (bicyclic) bond motifs is 2. The second-order valence-electron chi connectivity index (χ2n) is 9.53. The van der Waals surface area contributed by atoms with Crippen molar-refractivity contribution in [3.05, 3.63) is 75.6 Å². The zero-order chi connectivity index (χ0) is 24.5. The highest BCUT2D eigenvalue weighted by atomic mass is 16.5. The molecule has 34 heavy (non-hydrogen) atoms. The van der Waals surface area contributed by atoms with Crippen LogP contribution in [0.2, 0.25) is 0 Å². The summed E-state index contributed by atoms with van der Waals surface area (Å²) >= 11 is 0. The molecule has 5 rings (SSSR count). The number of allylic oxidation sites excluding steroid dienone is 1. The number of Topliss-reactive ketones (excluding diaryl/α,β-unsaturated/α-hetero) is 1. The van der Waals surface area contributed by atoms with Crippen LogP contribution in [0.1, 0.15) is 42.0 Å². The first-order valence-corrected chi connectivity index (χ1v) is 11.4. The fraction of sp³-hybridized carbons (Fsp3) is 0.286. The maximum absolute atomic E-state index is 13.1. The van der Waals surface area contributed by atoms with Crippen molar-refractivity contribution in [1.29, 1.82) is 0 Å². The summed E-state index contributed by atoms with van der Waals surface area (Å²) in [5, 5.41) is 10.8. The van der Waals surface area contributed by atoms with E-state index in [1.165, 1.54) is 22.3 Å². The fourth-order valence-electron chi connectivity index (χ4n) is 5.01. The summed E-state index contributed by atoms with van der Waals surface area (Å²) in [6.07, 6.45) is 3.12. The van der Waals surface area contributed by atoms with Crippen LogP contribution >= 0.6 is 0 Å². The van der Waals surface area contributed by atoms with Crippen molar-refractivity contribution in [3.63, 3.8) is 0 Å². The van der Waals surface area contributed by atoms with E-state index in [-0.39, 0.29) is 40.2 Å². The molecule has 2 unspecified atom stereocenters. The van der Waals surface area contributed by atoms with Crippen LogP contribution in [0, 0.1) is 13.8 Å². The number of hydrogen-bond acceptors (Lipinski definition) is 5. The molecule has 0 radical (unpaired) electrons. The highest BCUT2D eigenvalue weighted by Gasteiger charge is 2.55. The van der Waals surface area contributed by atoms with E-state index < -0.39 is 12.1 Å². The van der Waals surface area contributed by atoms with Gasteiger partial charge in [0.1, 0.15) is 12.8 Å². The lowest BCUT2D eigenvalue weighted by molar-refractivity contribution is -0.514. The quantitative estimate of drug-likeness (QED) is 0.561. The SMILES string of the molecule is Cc1cc(/C=C2/C(=O)C(C3=[N+](C)C4C(=O)C=CC(=O)C4O3)=C2O)c2c(C)ccc(C(C)C)cc1-2. The Kier molecular flexibility index (Phi) is 4.93. The van der Waals surface area contributed by atoms with Gasteiger partial charge in [-0.3, -0.25) is 14.4 Å². The van der Waals surface area contributed by atoms with E-state index >= 15 is 0 Å². The Morgan fingerprint density at radius 3 is 2.38 bits per heavy atom. The highest BCUT2D eigenvalue weighted by molar-refractivity contribution is 6.35. The van der Waals surface area contributed by atoms with Crippen molar-refractivity contribution in [3.8, 4) is 11.1 Å². The molecule has 0 saturated heterocycles. The number of aliphatic hydroxyl groups excluding tert-OH is 1. The molecule has 5 aliphatic rings. The molecule has 1 N–H and O–H groups in total. The molecule has 4 aliphatic carbocycles. The third-order valence-corrected chi connectivity index (χ3v) is 6.98. The molecule has 0 aromatic rings. The Balaban J connectivity index is 1.56. The van der Waals surface area contributed by atoms with Gasteiger partial charge < -0.3 is 9.84 Å². The van der Waals surface area contributed by atoms with Gasteiger partial charge in [-0.1, -0.05) is 38.1 Å². The maximum atomic E-state index is 13.1. The van der Waals surface area contributed by atoms with E-state index in [1.54, 1.807) is 13.1 Å². The minimum Gasteiger partial charge on any atom is -0.506 e. The summed E-state index contributed by atoms with van der Waals surface area (Å²) in [6.45, 7) is 8.39. The fourth-order valence-corrected chi connectivity index (χ4v) is 5.01. The second-order valence-corrected chi connectivity index (χ2v) is 9.53. The molecule has 0 fully saturated rings. The van der Waals surface area contributed by atoms with Gasteiger partial charge in [0.2, 0.25) is 23.5 Å². The number of rotatable bonds is 3. The summed E-state index contributed by atoms with van der Waals surface area (Å²) in [7, 11) is 1.59. The highest BCUT2D eigenvalue weighted by Crippen LogP contribution is 2.40. The van der Waals surface area contributed by atoms with Gasteiger partial charge in [0.15, 0.2) is 5.57 Å². The van der Waals surface area contributed by atoms with E-state index in [0.717, 1.165) is 27.8 Å². The van der Waals surface area contributed by atoms with Gasteiger partial charge in [0.05, 0.1) is 5.57 Å². The molecule has 0 aromatic carbocycles. The van der Waals surface area contributed by atoms with E-state index in [1.807, 2.05) is 19.9 Å². The predicted octanol–water partition coefficient (Wildman–Crippen LogP) is 3.83. The first-order valence-electron chi connectivity index (χ1n) is 11.4. The molecule has 0 amide bonds. The van der Waals surface area contributed by atoms with Gasteiger partial charge in [-0.2, -0.15) is 4.58 Å². The summed E-state index contributed by atoms with van der Waals surface area (Å²) in [6, 6.07) is 7.60. The van der Waals surface area contributed by atoms with Crippen molar-refractivity contribution >= 4 is 29.3 Å². The number of likely N-dealkylation sites (N-methyl/N-ethyl adjacent to an activating group) is 1. The smallest absolute Gasteiger partial charge is 0.379 e. The van der Waals surface area contributed by atoms with E-state index in [2.05, 4.69) is 32.0 Å². The number of hydrogen-bond donors (Lipinski definition) is 1. The van der Waals surface area contributed by atoms with Crippen molar-refractivity contribution in [1.82, 2.24) is 0 Å². The van der Waals surface area contributed by atoms with Gasteiger partial charge in [0.25, 0.3) is 6.04 Å². The number of carbonyl (C=O) groups is 3. The van der Waals surface area contributed by atoms with Gasteiger partial charge in [0, 0.05) is 0 Å².